The Kier molecular flexibility index (Phi) is 2.98. The highest BCUT2D eigenvalue weighted by molar-refractivity contribution is 5.77. The fourth-order valence-electron chi connectivity index (χ4n) is 2.55. The first-order valence-corrected chi connectivity index (χ1v) is 6.41. The average Bonchev–Trinajstić information content (AvgIpc) is 2.82. The van der Waals surface area contributed by atoms with E-state index in [1.807, 2.05) is 24.3 Å². The van der Waals surface area contributed by atoms with E-state index in [-0.39, 0.29) is 6.04 Å². The lowest BCUT2D eigenvalue weighted by molar-refractivity contribution is 0.188. The summed E-state index contributed by atoms with van der Waals surface area (Å²) >= 11 is 0. The van der Waals surface area contributed by atoms with Crippen molar-refractivity contribution in [2.75, 3.05) is 18.0 Å². The van der Waals surface area contributed by atoms with Crippen molar-refractivity contribution in [1.29, 1.82) is 0 Å². The molecule has 0 bridgehead atoms. The smallest absolute Gasteiger partial charge is 0.404 e. The average molecular weight is 260 g/mol. The first-order chi connectivity index (χ1) is 9.22. The molecule has 100 valence electrons. The molecule has 2 aromatic rings. The summed E-state index contributed by atoms with van der Waals surface area (Å²) in [4.78, 5) is 20.6. The van der Waals surface area contributed by atoms with Crippen LogP contribution in [0.3, 0.4) is 0 Å². The summed E-state index contributed by atoms with van der Waals surface area (Å²) in [5.74, 6) is 0.818. The molecule has 1 aromatic heterocycles. The number of nitrogens with one attached hydrogen (secondary N) is 2. The second-order valence-electron chi connectivity index (χ2n) is 4.81. The molecule has 1 unspecified atom stereocenters. The van der Waals surface area contributed by atoms with E-state index in [2.05, 4.69) is 20.2 Å². The van der Waals surface area contributed by atoms with Gasteiger partial charge >= 0.3 is 6.09 Å². The number of para-hydroxylation sites is 2. The summed E-state index contributed by atoms with van der Waals surface area (Å²) in [5.41, 5.74) is 1.94. The highest BCUT2D eigenvalue weighted by Crippen LogP contribution is 2.20. The largest absolute Gasteiger partial charge is 0.465 e. The standard InChI is InChI=1S/C13H16N4O2/c18-13(19)14-9-4-3-7-17(8-9)12-15-10-5-1-2-6-11(10)16-12/h1-2,5-6,9,14H,3-4,7-8H2,(H,15,16)(H,18,19). The third kappa shape index (κ3) is 2.47. The molecule has 3 N–H and O–H groups in total. The van der Waals surface area contributed by atoms with E-state index in [1.165, 1.54) is 0 Å². The van der Waals surface area contributed by atoms with Gasteiger partial charge in [-0.3, -0.25) is 0 Å². The van der Waals surface area contributed by atoms with Gasteiger partial charge in [0.25, 0.3) is 0 Å². The number of hydrogen-bond donors (Lipinski definition) is 3. The number of aromatic nitrogens is 2. The fraction of sp³-hybridized carbons (Fsp3) is 0.385. The van der Waals surface area contributed by atoms with Crippen LogP contribution in [-0.4, -0.2) is 40.3 Å². The zero-order chi connectivity index (χ0) is 13.2. The van der Waals surface area contributed by atoms with Gasteiger partial charge in [-0.1, -0.05) is 12.1 Å². The van der Waals surface area contributed by atoms with E-state index >= 15 is 0 Å². The summed E-state index contributed by atoms with van der Waals surface area (Å²) < 4.78 is 0. The number of aromatic amines is 1. The van der Waals surface area contributed by atoms with Crippen molar-refractivity contribution in [3.8, 4) is 0 Å². The van der Waals surface area contributed by atoms with Crippen molar-refractivity contribution < 1.29 is 9.90 Å². The molecule has 0 saturated carbocycles. The molecule has 1 atom stereocenters. The van der Waals surface area contributed by atoms with Gasteiger partial charge in [-0.05, 0) is 25.0 Å². The van der Waals surface area contributed by atoms with Crippen LogP contribution in [0.5, 0.6) is 0 Å². The minimum absolute atomic E-state index is 0.0283. The Balaban J connectivity index is 1.79. The Labute approximate surface area is 110 Å². The van der Waals surface area contributed by atoms with Gasteiger partial charge in [0.2, 0.25) is 5.95 Å². The molecule has 1 saturated heterocycles. The van der Waals surface area contributed by atoms with Gasteiger partial charge in [-0.25, -0.2) is 9.78 Å². The number of anilines is 1. The molecule has 1 aliphatic rings. The minimum Gasteiger partial charge on any atom is -0.465 e. The normalized spacial score (nSPS) is 19.6. The first-order valence-electron chi connectivity index (χ1n) is 6.41. The second-order valence-corrected chi connectivity index (χ2v) is 4.81. The molecule has 0 spiro atoms. The van der Waals surface area contributed by atoms with Crippen LogP contribution in [0.1, 0.15) is 12.8 Å². The van der Waals surface area contributed by atoms with Crippen LogP contribution in [0.25, 0.3) is 11.0 Å². The van der Waals surface area contributed by atoms with Crippen molar-refractivity contribution in [2.45, 2.75) is 18.9 Å². The Bertz CT molecular complexity index is 562. The van der Waals surface area contributed by atoms with Gasteiger partial charge in [0, 0.05) is 19.1 Å². The van der Waals surface area contributed by atoms with E-state index in [0.29, 0.717) is 6.54 Å². The third-order valence-electron chi connectivity index (χ3n) is 3.43. The predicted molar refractivity (Wildman–Crippen MR) is 72.5 cm³/mol. The van der Waals surface area contributed by atoms with Gasteiger partial charge in [-0.15, -0.1) is 0 Å². The number of benzene rings is 1. The number of amides is 1. The molecular formula is C13H16N4O2. The number of rotatable bonds is 2. The van der Waals surface area contributed by atoms with Crippen LogP contribution in [-0.2, 0) is 0 Å². The van der Waals surface area contributed by atoms with Gasteiger partial charge in [0.1, 0.15) is 0 Å². The number of carbonyl (C=O) groups is 1. The molecule has 1 aromatic carbocycles. The van der Waals surface area contributed by atoms with E-state index in [1.54, 1.807) is 0 Å². The minimum atomic E-state index is -0.962. The van der Waals surface area contributed by atoms with Gasteiger partial charge < -0.3 is 20.3 Å². The first kappa shape index (κ1) is 11.8. The zero-order valence-corrected chi connectivity index (χ0v) is 10.5. The summed E-state index contributed by atoms with van der Waals surface area (Å²) in [6.45, 7) is 1.56. The maximum atomic E-state index is 10.7. The highest BCUT2D eigenvalue weighted by atomic mass is 16.4. The molecule has 0 aliphatic carbocycles. The van der Waals surface area contributed by atoms with Crippen molar-refractivity contribution >= 4 is 23.1 Å². The zero-order valence-electron chi connectivity index (χ0n) is 10.5. The molecule has 6 heteroatoms. The number of carboxylic acid groups (broad SMARTS) is 1. The van der Waals surface area contributed by atoms with Crippen LogP contribution >= 0.6 is 0 Å². The number of piperidine rings is 1. The number of fused-ring (bicyclic) bond motifs is 1. The maximum absolute atomic E-state index is 10.7. The van der Waals surface area contributed by atoms with Gasteiger partial charge in [0.15, 0.2) is 0 Å². The molecule has 1 amide bonds. The fourth-order valence-corrected chi connectivity index (χ4v) is 2.55. The Morgan fingerprint density at radius 3 is 3.11 bits per heavy atom. The van der Waals surface area contributed by atoms with Crippen molar-refractivity contribution in [1.82, 2.24) is 15.3 Å². The molecule has 3 rings (SSSR count). The Morgan fingerprint density at radius 1 is 1.47 bits per heavy atom. The second kappa shape index (κ2) is 4.79. The van der Waals surface area contributed by atoms with E-state index < -0.39 is 6.09 Å². The van der Waals surface area contributed by atoms with Crippen molar-refractivity contribution in [3.63, 3.8) is 0 Å². The molecule has 1 fully saturated rings. The summed E-state index contributed by atoms with van der Waals surface area (Å²) in [6.07, 6.45) is 0.877. The van der Waals surface area contributed by atoms with E-state index in [9.17, 15) is 4.79 Å². The van der Waals surface area contributed by atoms with Crippen molar-refractivity contribution in [2.24, 2.45) is 0 Å². The third-order valence-corrected chi connectivity index (χ3v) is 3.43. The van der Waals surface area contributed by atoms with Crippen molar-refractivity contribution in [3.05, 3.63) is 24.3 Å². The lowest BCUT2D eigenvalue weighted by Crippen LogP contribution is -2.47. The molecule has 0 radical (unpaired) electrons. The van der Waals surface area contributed by atoms with Crippen LogP contribution in [0.2, 0.25) is 0 Å². The van der Waals surface area contributed by atoms with Crippen LogP contribution in [0.15, 0.2) is 24.3 Å². The quantitative estimate of drug-likeness (QED) is 0.769. The van der Waals surface area contributed by atoms with E-state index in [0.717, 1.165) is 36.4 Å². The highest BCUT2D eigenvalue weighted by Gasteiger charge is 2.23. The predicted octanol–water partition coefficient (Wildman–Crippen LogP) is 1.80. The van der Waals surface area contributed by atoms with Gasteiger partial charge in [0.05, 0.1) is 11.0 Å². The Hall–Kier alpha value is -2.24. The lowest BCUT2D eigenvalue weighted by Gasteiger charge is -2.32. The molecule has 19 heavy (non-hydrogen) atoms. The van der Waals surface area contributed by atoms with Crippen LogP contribution in [0.4, 0.5) is 10.7 Å². The Morgan fingerprint density at radius 2 is 2.32 bits per heavy atom. The summed E-state index contributed by atoms with van der Waals surface area (Å²) in [6, 6.07) is 7.85. The number of imidazole rings is 1. The van der Waals surface area contributed by atoms with E-state index in [4.69, 9.17) is 5.11 Å². The molecule has 1 aliphatic heterocycles. The maximum Gasteiger partial charge on any atom is 0.404 e. The summed E-state index contributed by atoms with van der Waals surface area (Å²) in [5, 5.41) is 11.3. The molecule has 6 nitrogen and oxygen atoms in total. The van der Waals surface area contributed by atoms with Crippen LogP contribution < -0.4 is 10.2 Å². The van der Waals surface area contributed by atoms with Crippen LogP contribution in [0, 0.1) is 0 Å². The summed E-state index contributed by atoms with van der Waals surface area (Å²) in [7, 11) is 0. The number of hydrogen-bond acceptors (Lipinski definition) is 3. The number of nitrogens with zero attached hydrogens (tertiary/aromatic N) is 2. The topological polar surface area (TPSA) is 81.2 Å². The monoisotopic (exact) mass is 260 g/mol. The molecule has 2 heterocycles. The lowest BCUT2D eigenvalue weighted by atomic mass is 10.1. The SMILES string of the molecule is O=C(O)NC1CCCN(c2nc3ccccc3[nH]2)C1. The van der Waals surface area contributed by atoms with Gasteiger partial charge in [-0.2, -0.15) is 0 Å². The number of H-pyrrole nitrogens is 1. The molecular weight excluding hydrogens is 244 g/mol.